The molecule has 3 aromatic rings. The third-order valence-electron chi connectivity index (χ3n) is 4.94. The van der Waals surface area contributed by atoms with Crippen LogP contribution in [-0.2, 0) is 16.1 Å². The molecular formula is C22H22ClN5O3. The van der Waals surface area contributed by atoms with Crippen molar-refractivity contribution in [2.24, 2.45) is 5.10 Å². The highest BCUT2D eigenvalue weighted by Crippen LogP contribution is 2.20. The van der Waals surface area contributed by atoms with Gasteiger partial charge in [0.25, 0.3) is 0 Å². The maximum atomic E-state index is 12.7. The number of hydrogen-bond acceptors (Lipinski definition) is 4. The lowest BCUT2D eigenvalue weighted by molar-refractivity contribution is -0.135. The number of urea groups is 1. The second kappa shape index (κ2) is 9.63. The molecular weight excluding hydrogens is 418 g/mol. The zero-order valence-corrected chi connectivity index (χ0v) is 17.5. The minimum atomic E-state index is -0.482. The van der Waals surface area contributed by atoms with E-state index in [0.717, 1.165) is 16.5 Å². The van der Waals surface area contributed by atoms with Crippen LogP contribution in [0, 0.1) is 0 Å². The highest BCUT2D eigenvalue weighted by Gasteiger charge is 2.18. The predicted octanol–water partition coefficient (Wildman–Crippen LogP) is 3.31. The van der Waals surface area contributed by atoms with E-state index >= 15 is 0 Å². The first-order valence-electron chi connectivity index (χ1n) is 9.89. The van der Waals surface area contributed by atoms with E-state index in [0.29, 0.717) is 37.0 Å². The van der Waals surface area contributed by atoms with Crippen LogP contribution in [-0.4, -0.2) is 53.9 Å². The first kappa shape index (κ1) is 20.9. The number of carbonyl (C=O) groups excluding carboxylic acids is 2. The highest BCUT2D eigenvalue weighted by atomic mass is 35.5. The lowest BCUT2D eigenvalue weighted by atomic mass is 10.2. The molecule has 8 nitrogen and oxygen atoms in total. The summed E-state index contributed by atoms with van der Waals surface area (Å²) in [5.41, 5.74) is 4.74. The van der Waals surface area contributed by atoms with Crippen molar-refractivity contribution in [3.8, 4) is 0 Å². The molecule has 2 aromatic carbocycles. The van der Waals surface area contributed by atoms with Crippen molar-refractivity contribution in [2.45, 2.75) is 6.54 Å². The van der Waals surface area contributed by atoms with Crippen LogP contribution in [0.25, 0.3) is 10.9 Å². The Bertz CT molecular complexity index is 1120. The third-order valence-corrected chi connectivity index (χ3v) is 5.18. The van der Waals surface area contributed by atoms with Crippen molar-refractivity contribution < 1.29 is 14.3 Å². The van der Waals surface area contributed by atoms with Crippen LogP contribution in [0.5, 0.6) is 0 Å². The van der Waals surface area contributed by atoms with Crippen LogP contribution in [0.2, 0.25) is 5.02 Å². The number of carbonyl (C=O) groups is 2. The number of fused-ring (bicyclic) bond motifs is 1. The standard InChI is InChI=1S/C22H22ClN5O3/c23-17-4-3-5-18(12-17)25-22(30)26-24-13-16-14-28(20-7-2-1-6-19(16)20)15-21(29)27-8-10-31-11-9-27/h1-7,12-14H,8-11,15H2,(H2,25,26,30)/b24-13-. The summed E-state index contributed by atoms with van der Waals surface area (Å²) in [7, 11) is 0. The summed E-state index contributed by atoms with van der Waals surface area (Å²) in [6.45, 7) is 2.59. The lowest BCUT2D eigenvalue weighted by Gasteiger charge is -2.27. The smallest absolute Gasteiger partial charge is 0.339 e. The van der Waals surface area contributed by atoms with Gasteiger partial charge in [-0.05, 0) is 24.3 Å². The quantitative estimate of drug-likeness (QED) is 0.472. The number of rotatable bonds is 5. The van der Waals surface area contributed by atoms with E-state index in [1.807, 2.05) is 39.9 Å². The predicted molar refractivity (Wildman–Crippen MR) is 121 cm³/mol. The fraction of sp³-hybridized carbons (Fsp3) is 0.227. The highest BCUT2D eigenvalue weighted by molar-refractivity contribution is 6.30. The summed E-state index contributed by atoms with van der Waals surface area (Å²) in [4.78, 5) is 26.5. The molecule has 1 aliphatic heterocycles. The number of amides is 3. The maximum Gasteiger partial charge on any atom is 0.339 e. The van der Waals surface area contributed by atoms with Gasteiger partial charge in [0.2, 0.25) is 5.91 Å². The number of hydrogen-bond donors (Lipinski definition) is 2. The Labute approximate surface area is 184 Å². The van der Waals surface area contributed by atoms with Crippen molar-refractivity contribution in [1.82, 2.24) is 14.9 Å². The van der Waals surface area contributed by atoms with Gasteiger partial charge in [0.05, 0.1) is 19.4 Å². The molecule has 2 N–H and O–H groups in total. The molecule has 160 valence electrons. The van der Waals surface area contributed by atoms with Crippen LogP contribution >= 0.6 is 11.6 Å². The molecule has 1 aromatic heterocycles. The molecule has 0 atom stereocenters. The van der Waals surface area contributed by atoms with Crippen molar-refractivity contribution in [3.63, 3.8) is 0 Å². The van der Waals surface area contributed by atoms with Crippen molar-refractivity contribution in [1.29, 1.82) is 0 Å². The van der Waals surface area contributed by atoms with Gasteiger partial charge >= 0.3 is 6.03 Å². The van der Waals surface area contributed by atoms with Gasteiger partial charge in [0.15, 0.2) is 0 Å². The molecule has 0 spiro atoms. The Kier molecular flexibility index (Phi) is 6.49. The van der Waals surface area contributed by atoms with E-state index < -0.39 is 6.03 Å². The number of benzene rings is 2. The van der Waals surface area contributed by atoms with E-state index in [2.05, 4.69) is 15.8 Å². The lowest BCUT2D eigenvalue weighted by Crippen LogP contribution is -2.42. The monoisotopic (exact) mass is 439 g/mol. The Hall–Kier alpha value is -3.36. The Morgan fingerprint density at radius 3 is 2.74 bits per heavy atom. The van der Waals surface area contributed by atoms with Gasteiger partial charge in [-0.1, -0.05) is 35.9 Å². The molecule has 0 aliphatic carbocycles. The van der Waals surface area contributed by atoms with Gasteiger partial charge in [-0.2, -0.15) is 5.10 Å². The average molecular weight is 440 g/mol. The van der Waals surface area contributed by atoms with Crippen molar-refractivity contribution in [3.05, 3.63) is 65.3 Å². The van der Waals surface area contributed by atoms with E-state index in [1.165, 1.54) is 0 Å². The number of morpholine rings is 1. The minimum absolute atomic E-state index is 0.0477. The van der Waals surface area contributed by atoms with Crippen molar-refractivity contribution >= 4 is 46.3 Å². The van der Waals surface area contributed by atoms with E-state index in [1.54, 1.807) is 30.5 Å². The second-order valence-electron chi connectivity index (χ2n) is 7.06. The summed E-state index contributed by atoms with van der Waals surface area (Å²) in [5, 5.41) is 8.18. The zero-order valence-electron chi connectivity index (χ0n) is 16.8. The summed E-state index contributed by atoms with van der Waals surface area (Å²) < 4.78 is 7.22. The molecule has 0 bridgehead atoms. The van der Waals surface area contributed by atoms with Gasteiger partial charge < -0.3 is 19.5 Å². The minimum Gasteiger partial charge on any atom is -0.378 e. The van der Waals surface area contributed by atoms with E-state index in [4.69, 9.17) is 16.3 Å². The number of hydrazone groups is 1. The number of nitrogens with zero attached hydrogens (tertiary/aromatic N) is 3. The maximum absolute atomic E-state index is 12.7. The number of anilines is 1. The van der Waals surface area contributed by atoms with Crippen LogP contribution in [0.4, 0.5) is 10.5 Å². The molecule has 0 unspecified atom stereocenters. The number of ether oxygens (including phenoxy) is 1. The summed E-state index contributed by atoms with van der Waals surface area (Å²) >= 11 is 5.92. The van der Waals surface area contributed by atoms with E-state index in [9.17, 15) is 9.59 Å². The number of halogens is 1. The van der Waals surface area contributed by atoms with Gasteiger partial charge in [-0.3, -0.25) is 4.79 Å². The SMILES string of the molecule is O=C(N/N=C\c1cn(CC(=O)N2CCOCC2)c2ccccc12)Nc1cccc(Cl)c1. The molecule has 2 heterocycles. The summed E-state index contributed by atoms with van der Waals surface area (Å²) in [5.74, 6) is 0.0477. The molecule has 1 aliphatic rings. The first-order chi connectivity index (χ1) is 15.1. The summed E-state index contributed by atoms with van der Waals surface area (Å²) in [6, 6.07) is 14.1. The second-order valence-corrected chi connectivity index (χ2v) is 7.49. The number of para-hydroxylation sites is 1. The largest absolute Gasteiger partial charge is 0.378 e. The first-order valence-corrected chi connectivity index (χ1v) is 10.3. The van der Waals surface area contributed by atoms with Gasteiger partial charge in [-0.25, -0.2) is 10.2 Å². The van der Waals surface area contributed by atoms with E-state index in [-0.39, 0.29) is 12.5 Å². The van der Waals surface area contributed by atoms with Gasteiger partial charge in [-0.15, -0.1) is 0 Å². The zero-order chi connectivity index (χ0) is 21.6. The number of nitrogens with one attached hydrogen (secondary N) is 2. The van der Waals surface area contributed by atoms with Crippen molar-refractivity contribution in [2.75, 3.05) is 31.6 Å². The Morgan fingerprint density at radius 2 is 1.94 bits per heavy atom. The van der Waals surface area contributed by atoms with Crippen LogP contribution in [0.3, 0.4) is 0 Å². The Morgan fingerprint density at radius 1 is 1.13 bits per heavy atom. The van der Waals surface area contributed by atoms with Gasteiger partial charge in [0, 0.05) is 46.5 Å². The van der Waals surface area contributed by atoms with Crippen LogP contribution in [0.1, 0.15) is 5.56 Å². The van der Waals surface area contributed by atoms with Crippen LogP contribution < -0.4 is 10.7 Å². The molecule has 9 heteroatoms. The Balaban J connectivity index is 1.45. The normalized spacial score (nSPS) is 14.2. The third kappa shape index (κ3) is 5.22. The average Bonchev–Trinajstić information content (AvgIpc) is 3.12. The fourth-order valence-electron chi connectivity index (χ4n) is 3.45. The molecule has 0 saturated carbocycles. The molecule has 0 radical (unpaired) electrons. The fourth-order valence-corrected chi connectivity index (χ4v) is 3.64. The molecule has 31 heavy (non-hydrogen) atoms. The van der Waals surface area contributed by atoms with Crippen LogP contribution in [0.15, 0.2) is 59.8 Å². The molecule has 1 fully saturated rings. The topological polar surface area (TPSA) is 88.0 Å². The molecule has 4 rings (SSSR count). The molecule has 3 amide bonds. The summed E-state index contributed by atoms with van der Waals surface area (Å²) in [6.07, 6.45) is 3.43. The number of aromatic nitrogens is 1. The van der Waals surface area contributed by atoms with Gasteiger partial charge in [0.1, 0.15) is 6.54 Å². The molecule has 1 saturated heterocycles.